The molecule has 0 amide bonds. The van der Waals surface area contributed by atoms with Crippen molar-refractivity contribution < 1.29 is 17.9 Å². The minimum Gasteiger partial charge on any atom is -0.486 e. The number of imidazole rings is 1. The van der Waals surface area contributed by atoms with Gasteiger partial charge in [0.05, 0.1) is 16.6 Å². The summed E-state index contributed by atoms with van der Waals surface area (Å²) in [6, 6.07) is 13.2. The van der Waals surface area contributed by atoms with Crippen LogP contribution >= 0.6 is 0 Å². The molecule has 2 aromatic carbocycles. The summed E-state index contributed by atoms with van der Waals surface area (Å²) in [5.74, 6) is 1.35. The fraction of sp³-hybridized carbons (Fsp3) is 0.500. The summed E-state index contributed by atoms with van der Waals surface area (Å²) in [7, 11) is 0. The largest absolute Gasteiger partial charge is 0.486 e. The maximum absolute atomic E-state index is 13.2. The van der Waals surface area contributed by atoms with Crippen LogP contribution in [-0.4, -0.2) is 34.1 Å². The van der Waals surface area contributed by atoms with Gasteiger partial charge in [-0.1, -0.05) is 44.9 Å². The molecular formula is C26H34F3N3O. The standard InChI is InChI=1S/C26H34F3N3O/c1-3-5-15-31(16-6-4-2)17-10-18-32-24-14-13-21(26(27,28)29)19-23(24)30-25(32)20-33-22-11-8-7-9-12-22/h7-9,11-14,19H,3-6,10,15-18,20H2,1-2H3. The zero-order chi connectivity index (χ0) is 23.7. The van der Waals surface area contributed by atoms with E-state index in [1.807, 2.05) is 34.9 Å². The molecule has 0 unspecified atom stereocenters. The number of para-hydroxylation sites is 1. The fourth-order valence-electron chi connectivity index (χ4n) is 3.93. The zero-order valence-electron chi connectivity index (χ0n) is 19.6. The highest BCUT2D eigenvalue weighted by atomic mass is 19.4. The number of rotatable bonds is 13. The Hall–Kier alpha value is -2.54. The normalized spacial score (nSPS) is 12.1. The first-order valence-corrected chi connectivity index (χ1v) is 11.9. The number of nitrogens with zero attached hydrogens (tertiary/aromatic N) is 3. The summed E-state index contributed by atoms with van der Waals surface area (Å²) < 4.78 is 47.6. The predicted octanol–water partition coefficient (Wildman–Crippen LogP) is 6.93. The van der Waals surface area contributed by atoms with E-state index in [4.69, 9.17) is 4.74 Å². The lowest BCUT2D eigenvalue weighted by Crippen LogP contribution is -2.28. The smallest absolute Gasteiger partial charge is 0.416 e. The Labute approximate surface area is 194 Å². The van der Waals surface area contributed by atoms with Crippen LogP contribution in [0.3, 0.4) is 0 Å². The van der Waals surface area contributed by atoms with Crippen LogP contribution in [0.5, 0.6) is 5.75 Å². The highest BCUT2D eigenvalue weighted by Gasteiger charge is 2.31. The van der Waals surface area contributed by atoms with Gasteiger partial charge in [0, 0.05) is 6.54 Å². The van der Waals surface area contributed by atoms with E-state index in [2.05, 4.69) is 23.7 Å². The van der Waals surface area contributed by atoms with Gasteiger partial charge in [-0.2, -0.15) is 13.2 Å². The number of benzene rings is 2. The molecule has 1 aromatic heterocycles. The van der Waals surface area contributed by atoms with E-state index < -0.39 is 11.7 Å². The molecule has 0 saturated carbocycles. The van der Waals surface area contributed by atoms with Crippen molar-refractivity contribution in [3.63, 3.8) is 0 Å². The second kappa shape index (κ2) is 12.1. The van der Waals surface area contributed by atoms with E-state index in [-0.39, 0.29) is 6.61 Å². The molecule has 0 bridgehead atoms. The summed E-state index contributed by atoms with van der Waals surface area (Å²) in [6.07, 6.45) is 1.19. The second-order valence-electron chi connectivity index (χ2n) is 8.38. The number of ether oxygens (including phenoxy) is 1. The average Bonchev–Trinajstić information content (AvgIpc) is 3.16. The summed E-state index contributed by atoms with van der Waals surface area (Å²) in [5.41, 5.74) is 0.383. The fourth-order valence-corrected chi connectivity index (χ4v) is 3.93. The Morgan fingerprint density at radius 2 is 1.58 bits per heavy atom. The van der Waals surface area contributed by atoms with Crippen LogP contribution in [0, 0.1) is 0 Å². The molecule has 7 heteroatoms. The molecule has 0 aliphatic carbocycles. The molecule has 0 spiro atoms. The molecule has 180 valence electrons. The number of unbranched alkanes of at least 4 members (excludes halogenated alkanes) is 2. The molecule has 0 atom stereocenters. The molecule has 3 aromatic rings. The molecule has 1 heterocycles. The minimum absolute atomic E-state index is 0.204. The van der Waals surface area contributed by atoms with Crippen molar-refractivity contribution in [2.45, 2.75) is 65.3 Å². The van der Waals surface area contributed by atoms with Crippen molar-refractivity contribution in [1.29, 1.82) is 0 Å². The number of hydrogen-bond acceptors (Lipinski definition) is 3. The van der Waals surface area contributed by atoms with Crippen molar-refractivity contribution in [3.8, 4) is 5.75 Å². The summed E-state index contributed by atoms with van der Waals surface area (Å²) in [6.45, 7) is 8.41. The van der Waals surface area contributed by atoms with E-state index in [0.29, 0.717) is 29.2 Å². The van der Waals surface area contributed by atoms with Gasteiger partial charge >= 0.3 is 6.18 Å². The third-order valence-electron chi connectivity index (χ3n) is 5.78. The Kier molecular flexibility index (Phi) is 9.18. The van der Waals surface area contributed by atoms with Crippen LogP contribution in [-0.2, 0) is 19.3 Å². The first-order chi connectivity index (χ1) is 15.9. The van der Waals surface area contributed by atoms with Crippen LogP contribution < -0.4 is 4.74 Å². The molecular weight excluding hydrogens is 427 g/mol. The third kappa shape index (κ3) is 7.22. The topological polar surface area (TPSA) is 30.3 Å². The Bertz CT molecular complexity index is 978. The Balaban J connectivity index is 1.79. The molecule has 0 fully saturated rings. The highest BCUT2D eigenvalue weighted by molar-refractivity contribution is 5.77. The maximum atomic E-state index is 13.2. The van der Waals surface area contributed by atoms with Gasteiger partial charge < -0.3 is 14.2 Å². The molecule has 0 aliphatic heterocycles. The SMILES string of the molecule is CCCCN(CCCC)CCCn1c(COc2ccccc2)nc2cc(C(F)(F)F)ccc21. The van der Waals surface area contributed by atoms with Crippen LogP contribution in [0.4, 0.5) is 13.2 Å². The van der Waals surface area contributed by atoms with Gasteiger partial charge in [0.2, 0.25) is 0 Å². The summed E-state index contributed by atoms with van der Waals surface area (Å²) in [4.78, 5) is 7.02. The predicted molar refractivity (Wildman–Crippen MR) is 126 cm³/mol. The lowest BCUT2D eigenvalue weighted by molar-refractivity contribution is -0.137. The number of fused-ring (bicyclic) bond motifs is 1. The summed E-state index contributed by atoms with van der Waals surface area (Å²) in [5, 5.41) is 0. The van der Waals surface area contributed by atoms with Crippen molar-refractivity contribution in [1.82, 2.24) is 14.5 Å². The Morgan fingerprint density at radius 1 is 0.909 bits per heavy atom. The quantitative estimate of drug-likeness (QED) is 0.277. The molecule has 33 heavy (non-hydrogen) atoms. The Morgan fingerprint density at radius 3 is 2.21 bits per heavy atom. The lowest BCUT2D eigenvalue weighted by atomic mass is 10.2. The van der Waals surface area contributed by atoms with Crippen molar-refractivity contribution in [2.24, 2.45) is 0 Å². The monoisotopic (exact) mass is 461 g/mol. The van der Waals surface area contributed by atoms with Gasteiger partial charge in [0.15, 0.2) is 0 Å². The van der Waals surface area contributed by atoms with Gasteiger partial charge in [-0.05, 0) is 69.2 Å². The summed E-state index contributed by atoms with van der Waals surface area (Å²) >= 11 is 0. The van der Waals surface area contributed by atoms with E-state index in [0.717, 1.165) is 51.0 Å². The van der Waals surface area contributed by atoms with E-state index in [1.54, 1.807) is 0 Å². The van der Waals surface area contributed by atoms with Gasteiger partial charge in [0.25, 0.3) is 0 Å². The van der Waals surface area contributed by atoms with Crippen LogP contribution in [0.2, 0.25) is 0 Å². The number of alkyl halides is 3. The minimum atomic E-state index is -4.39. The first kappa shape index (κ1) is 25.1. The number of hydrogen-bond donors (Lipinski definition) is 0. The number of halogens is 3. The van der Waals surface area contributed by atoms with Crippen LogP contribution in [0.25, 0.3) is 11.0 Å². The van der Waals surface area contributed by atoms with E-state index in [1.165, 1.54) is 18.9 Å². The van der Waals surface area contributed by atoms with Crippen LogP contribution in [0.1, 0.15) is 57.3 Å². The van der Waals surface area contributed by atoms with Gasteiger partial charge in [0.1, 0.15) is 18.2 Å². The van der Waals surface area contributed by atoms with E-state index >= 15 is 0 Å². The average molecular weight is 462 g/mol. The third-order valence-corrected chi connectivity index (χ3v) is 5.78. The van der Waals surface area contributed by atoms with Crippen molar-refractivity contribution >= 4 is 11.0 Å². The van der Waals surface area contributed by atoms with E-state index in [9.17, 15) is 13.2 Å². The lowest BCUT2D eigenvalue weighted by Gasteiger charge is -2.22. The molecule has 4 nitrogen and oxygen atoms in total. The van der Waals surface area contributed by atoms with Crippen LogP contribution in [0.15, 0.2) is 48.5 Å². The molecule has 0 radical (unpaired) electrons. The molecule has 0 N–H and O–H groups in total. The van der Waals surface area contributed by atoms with Gasteiger partial charge in [-0.3, -0.25) is 0 Å². The highest BCUT2D eigenvalue weighted by Crippen LogP contribution is 2.31. The maximum Gasteiger partial charge on any atom is 0.416 e. The van der Waals surface area contributed by atoms with Gasteiger partial charge in [-0.25, -0.2) is 4.98 Å². The number of aryl methyl sites for hydroxylation is 1. The van der Waals surface area contributed by atoms with Gasteiger partial charge in [-0.15, -0.1) is 0 Å². The van der Waals surface area contributed by atoms with Crippen molar-refractivity contribution in [3.05, 3.63) is 59.9 Å². The molecule has 0 saturated heterocycles. The molecule has 3 rings (SSSR count). The second-order valence-corrected chi connectivity index (χ2v) is 8.38. The first-order valence-electron chi connectivity index (χ1n) is 11.9. The molecule has 0 aliphatic rings. The number of aromatic nitrogens is 2. The zero-order valence-corrected chi connectivity index (χ0v) is 19.6. The van der Waals surface area contributed by atoms with Crippen molar-refractivity contribution in [2.75, 3.05) is 19.6 Å².